The predicted molar refractivity (Wildman–Crippen MR) is 85.9 cm³/mol. The van der Waals surface area contributed by atoms with E-state index in [2.05, 4.69) is 4.98 Å². The Balaban J connectivity index is 2.44. The van der Waals surface area contributed by atoms with Crippen LogP contribution < -0.4 is 4.90 Å². The summed E-state index contributed by atoms with van der Waals surface area (Å²) in [6.07, 6.45) is 0.472. The fourth-order valence-corrected chi connectivity index (χ4v) is 3.30. The van der Waals surface area contributed by atoms with Crippen molar-refractivity contribution in [1.82, 2.24) is 4.98 Å². The Hall–Kier alpha value is -2.32. The maximum atomic E-state index is 14.3. The van der Waals surface area contributed by atoms with Gasteiger partial charge in [0.1, 0.15) is 11.2 Å². The van der Waals surface area contributed by atoms with E-state index in [-0.39, 0.29) is 32.6 Å². The fourth-order valence-electron chi connectivity index (χ4n) is 3.30. The highest BCUT2D eigenvalue weighted by Gasteiger charge is 2.58. The summed E-state index contributed by atoms with van der Waals surface area (Å²) in [5.41, 5.74) is -2.17. The number of ether oxygens (including phenoxy) is 2. The molecule has 0 amide bonds. The molecule has 0 unspecified atom stereocenters. The molecule has 0 bridgehead atoms. The highest BCUT2D eigenvalue weighted by atomic mass is 19.2. The molecule has 0 aliphatic heterocycles. The SMILES string of the molecule is CCOC(=O)C1CC(C(=O)OCC)(N(CC)c2c(F)cnc(F)c2F)C1. The molecule has 144 valence electrons. The Morgan fingerprint density at radius 1 is 1.19 bits per heavy atom. The second-order valence-corrected chi connectivity index (χ2v) is 5.91. The molecule has 0 radical (unpaired) electrons. The number of hydrogen-bond donors (Lipinski definition) is 0. The van der Waals surface area contributed by atoms with Crippen LogP contribution in [0.5, 0.6) is 0 Å². The van der Waals surface area contributed by atoms with Crippen LogP contribution >= 0.6 is 0 Å². The number of esters is 2. The Kier molecular flexibility index (Phi) is 6.09. The van der Waals surface area contributed by atoms with Crippen LogP contribution in [0.3, 0.4) is 0 Å². The molecular weight excluding hydrogens is 353 g/mol. The number of carbonyl (C=O) groups is 2. The normalized spacial score (nSPS) is 21.7. The van der Waals surface area contributed by atoms with Gasteiger partial charge in [-0.1, -0.05) is 0 Å². The van der Waals surface area contributed by atoms with E-state index in [1.807, 2.05) is 0 Å². The zero-order valence-electron chi connectivity index (χ0n) is 14.9. The molecule has 1 aliphatic carbocycles. The van der Waals surface area contributed by atoms with Crippen molar-refractivity contribution in [2.45, 2.75) is 39.2 Å². The topological polar surface area (TPSA) is 68.7 Å². The van der Waals surface area contributed by atoms with Gasteiger partial charge in [0.25, 0.3) is 5.95 Å². The lowest BCUT2D eigenvalue weighted by molar-refractivity contribution is -0.163. The van der Waals surface area contributed by atoms with Crippen LogP contribution in [0.4, 0.5) is 18.9 Å². The maximum Gasteiger partial charge on any atom is 0.332 e. The van der Waals surface area contributed by atoms with E-state index >= 15 is 0 Å². The van der Waals surface area contributed by atoms with Gasteiger partial charge in [-0.25, -0.2) is 14.2 Å². The van der Waals surface area contributed by atoms with Gasteiger partial charge >= 0.3 is 11.9 Å². The maximum absolute atomic E-state index is 14.3. The Morgan fingerprint density at radius 3 is 2.35 bits per heavy atom. The molecule has 6 nitrogen and oxygen atoms in total. The van der Waals surface area contributed by atoms with E-state index in [0.29, 0.717) is 6.20 Å². The van der Waals surface area contributed by atoms with Crippen LogP contribution in [0.25, 0.3) is 0 Å². The summed E-state index contributed by atoms with van der Waals surface area (Å²) in [5, 5.41) is 0. The first-order chi connectivity index (χ1) is 12.3. The van der Waals surface area contributed by atoms with Gasteiger partial charge < -0.3 is 14.4 Å². The van der Waals surface area contributed by atoms with Crippen molar-refractivity contribution >= 4 is 17.6 Å². The van der Waals surface area contributed by atoms with Gasteiger partial charge in [-0.15, -0.1) is 0 Å². The summed E-state index contributed by atoms with van der Waals surface area (Å²) >= 11 is 0. The van der Waals surface area contributed by atoms with Gasteiger partial charge in [-0.2, -0.15) is 8.78 Å². The smallest absolute Gasteiger partial charge is 0.332 e. The van der Waals surface area contributed by atoms with Crippen molar-refractivity contribution in [3.8, 4) is 0 Å². The molecular formula is C17H21F3N2O4. The molecule has 1 heterocycles. The lowest BCUT2D eigenvalue weighted by atomic mass is 9.66. The van der Waals surface area contributed by atoms with E-state index < -0.39 is 46.7 Å². The molecule has 1 aromatic heterocycles. The Bertz CT molecular complexity index is 693. The van der Waals surface area contributed by atoms with Crippen LogP contribution in [0.2, 0.25) is 0 Å². The fraction of sp³-hybridized carbons (Fsp3) is 0.588. The van der Waals surface area contributed by atoms with Crippen molar-refractivity contribution in [1.29, 1.82) is 0 Å². The van der Waals surface area contributed by atoms with Crippen molar-refractivity contribution in [2.24, 2.45) is 5.92 Å². The second kappa shape index (κ2) is 7.92. The average Bonchev–Trinajstić information content (AvgIpc) is 2.56. The second-order valence-electron chi connectivity index (χ2n) is 5.91. The first-order valence-electron chi connectivity index (χ1n) is 8.43. The van der Waals surface area contributed by atoms with Gasteiger partial charge in [0.15, 0.2) is 5.82 Å². The zero-order chi connectivity index (χ0) is 19.5. The summed E-state index contributed by atoms with van der Waals surface area (Å²) in [7, 11) is 0. The number of carbonyl (C=O) groups excluding carboxylic acids is 2. The number of rotatable bonds is 7. The van der Waals surface area contributed by atoms with Crippen LogP contribution in [0, 0.1) is 23.5 Å². The van der Waals surface area contributed by atoms with Gasteiger partial charge in [0.2, 0.25) is 5.82 Å². The molecule has 2 rings (SSSR count). The highest BCUT2D eigenvalue weighted by Crippen LogP contribution is 2.47. The first kappa shape index (κ1) is 20.0. The molecule has 0 saturated heterocycles. The van der Waals surface area contributed by atoms with Gasteiger partial charge in [-0.05, 0) is 33.6 Å². The Morgan fingerprint density at radius 2 is 1.81 bits per heavy atom. The first-order valence-corrected chi connectivity index (χ1v) is 8.43. The van der Waals surface area contributed by atoms with Crippen molar-refractivity contribution in [3.63, 3.8) is 0 Å². The van der Waals surface area contributed by atoms with E-state index in [1.165, 1.54) is 0 Å². The van der Waals surface area contributed by atoms with Gasteiger partial charge in [0, 0.05) is 6.54 Å². The molecule has 0 atom stereocenters. The largest absolute Gasteiger partial charge is 0.466 e. The summed E-state index contributed by atoms with van der Waals surface area (Å²) in [5.74, 6) is -5.89. The minimum absolute atomic E-state index is 0.00828. The third-order valence-corrected chi connectivity index (χ3v) is 4.45. The average molecular weight is 374 g/mol. The predicted octanol–water partition coefficient (Wildman–Crippen LogP) is 2.60. The molecule has 9 heteroatoms. The molecule has 0 aromatic carbocycles. The molecule has 1 aliphatic rings. The van der Waals surface area contributed by atoms with Gasteiger partial charge in [0.05, 0.1) is 25.3 Å². The lowest BCUT2D eigenvalue weighted by Crippen LogP contribution is -2.65. The number of likely N-dealkylation sites (N-methyl/N-ethyl adjacent to an activating group) is 1. The van der Waals surface area contributed by atoms with E-state index in [1.54, 1.807) is 20.8 Å². The minimum atomic E-state index is -1.49. The number of aromatic nitrogens is 1. The zero-order valence-corrected chi connectivity index (χ0v) is 14.9. The van der Waals surface area contributed by atoms with E-state index in [9.17, 15) is 22.8 Å². The van der Waals surface area contributed by atoms with E-state index in [0.717, 1.165) is 4.90 Å². The number of halogens is 3. The highest BCUT2D eigenvalue weighted by molar-refractivity contribution is 5.90. The third-order valence-electron chi connectivity index (χ3n) is 4.45. The Labute approximate surface area is 149 Å². The number of nitrogens with zero attached hydrogens (tertiary/aromatic N) is 2. The quantitative estimate of drug-likeness (QED) is 0.540. The summed E-state index contributed by atoms with van der Waals surface area (Å²) in [6, 6.07) is 0. The lowest BCUT2D eigenvalue weighted by Gasteiger charge is -2.51. The molecule has 1 aromatic rings. The van der Waals surface area contributed by atoms with Crippen LogP contribution in [-0.2, 0) is 19.1 Å². The number of pyridine rings is 1. The molecule has 0 spiro atoms. The summed E-state index contributed by atoms with van der Waals surface area (Å²) < 4.78 is 52.0. The van der Waals surface area contributed by atoms with Crippen molar-refractivity contribution in [2.75, 3.05) is 24.7 Å². The summed E-state index contributed by atoms with van der Waals surface area (Å²) in [4.78, 5) is 28.6. The number of hydrogen-bond acceptors (Lipinski definition) is 6. The molecule has 1 fully saturated rings. The standard InChI is InChI=1S/C17H21F3N2O4/c1-4-22(13-11(18)9-21-14(20)12(13)19)17(16(24)26-6-3)7-10(8-17)15(23)25-5-2/h9-10H,4-8H2,1-3H3. The monoisotopic (exact) mass is 374 g/mol. The number of anilines is 1. The molecule has 26 heavy (non-hydrogen) atoms. The van der Waals surface area contributed by atoms with Gasteiger partial charge in [-0.3, -0.25) is 4.79 Å². The van der Waals surface area contributed by atoms with E-state index in [4.69, 9.17) is 9.47 Å². The third kappa shape index (κ3) is 3.34. The minimum Gasteiger partial charge on any atom is -0.466 e. The molecule has 1 saturated carbocycles. The van der Waals surface area contributed by atoms with Crippen molar-refractivity contribution < 1.29 is 32.2 Å². The summed E-state index contributed by atoms with van der Waals surface area (Å²) in [6.45, 7) is 5.03. The van der Waals surface area contributed by atoms with Crippen LogP contribution in [-0.4, -0.2) is 42.2 Å². The van der Waals surface area contributed by atoms with Crippen molar-refractivity contribution in [3.05, 3.63) is 23.8 Å². The van der Waals surface area contributed by atoms with Crippen LogP contribution in [0.1, 0.15) is 33.6 Å². The van der Waals surface area contributed by atoms with Crippen LogP contribution in [0.15, 0.2) is 6.20 Å². The molecule has 0 N–H and O–H groups in total.